The molecule has 3 heteroatoms. The topological polar surface area (TPSA) is 22.9 Å². The number of rotatable bonds is 1. The van der Waals surface area contributed by atoms with Gasteiger partial charge in [0.1, 0.15) is 6.54 Å². The summed E-state index contributed by atoms with van der Waals surface area (Å²) in [6.07, 6.45) is 1.15. The smallest absolute Gasteiger partial charge is 0.231 e. The lowest BCUT2D eigenvalue weighted by Crippen LogP contribution is -3.14. The molecule has 0 bridgehead atoms. The summed E-state index contributed by atoms with van der Waals surface area (Å²) >= 11 is 0. The van der Waals surface area contributed by atoms with Crippen LogP contribution < -0.4 is 14.4 Å². The average Bonchev–Trinajstić information content (AvgIpc) is 2.71. The Morgan fingerprint density at radius 3 is 2.50 bits per heavy atom. The van der Waals surface area contributed by atoms with E-state index in [0.29, 0.717) is 12.8 Å². The highest BCUT2D eigenvalue weighted by atomic mass is 16.7. The lowest BCUT2D eigenvalue weighted by atomic mass is 9.98. The fourth-order valence-electron chi connectivity index (χ4n) is 2.54. The molecule has 1 N–H and O–H groups in total. The van der Waals surface area contributed by atoms with Gasteiger partial charge in [0.25, 0.3) is 0 Å². The quantitative estimate of drug-likeness (QED) is 0.755. The zero-order valence-electron chi connectivity index (χ0n) is 9.88. The number of quaternary nitrogens is 1. The van der Waals surface area contributed by atoms with Crippen molar-refractivity contribution in [3.63, 3.8) is 0 Å². The lowest BCUT2D eigenvalue weighted by Gasteiger charge is -2.29. The minimum absolute atomic E-state index is 0.374. The predicted molar refractivity (Wildman–Crippen MR) is 60.9 cm³/mol. The number of nitrogens with one attached hydrogen (secondary N) is 1. The van der Waals surface area contributed by atoms with Crippen molar-refractivity contribution in [2.45, 2.75) is 32.9 Å². The van der Waals surface area contributed by atoms with Gasteiger partial charge in [-0.05, 0) is 31.5 Å². The molecular formula is C13H18NO2+. The van der Waals surface area contributed by atoms with E-state index in [0.717, 1.165) is 24.5 Å². The molecule has 0 aromatic heterocycles. The van der Waals surface area contributed by atoms with Gasteiger partial charge in [-0.15, -0.1) is 0 Å². The second-order valence-corrected chi connectivity index (χ2v) is 4.96. The maximum absolute atomic E-state index is 5.43. The summed E-state index contributed by atoms with van der Waals surface area (Å²) < 4.78 is 10.8. The van der Waals surface area contributed by atoms with Crippen molar-refractivity contribution < 1.29 is 14.4 Å². The van der Waals surface area contributed by atoms with E-state index in [1.54, 1.807) is 4.90 Å². The van der Waals surface area contributed by atoms with E-state index in [1.165, 1.54) is 17.7 Å². The van der Waals surface area contributed by atoms with Crippen molar-refractivity contribution in [2.75, 3.05) is 13.3 Å². The van der Waals surface area contributed by atoms with Crippen LogP contribution in [0.4, 0.5) is 0 Å². The van der Waals surface area contributed by atoms with Crippen LogP contribution in [-0.4, -0.2) is 19.4 Å². The minimum Gasteiger partial charge on any atom is -0.454 e. The zero-order chi connectivity index (χ0) is 11.1. The molecular weight excluding hydrogens is 202 g/mol. The van der Waals surface area contributed by atoms with Gasteiger partial charge in [-0.2, -0.15) is 0 Å². The van der Waals surface area contributed by atoms with Gasteiger partial charge in [0.2, 0.25) is 6.79 Å². The van der Waals surface area contributed by atoms with Crippen LogP contribution in [-0.2, 0) is 13.0 Å². The molecule has 0 saturated heterocycles. The van der Waals surface area contributed by atoms with Gasteiger partial charge in [-0.3, -0.25) is 0 Å². The lowest BCUT2D eigenvalue weighted by molar-refractivity contribution is -0.936. The third-order valence-electron chi connectivity index (χ3n) is 3.64. The molecule has 86 valence electrons. The van der Waals surface area contributed by atoms with Crippen LogP contribution in [0.25, 0.3) is 0 Å². The van der Waals surface area contributed by atoms with Crippen molar-refractivity contribution in [3.8, 4) is 11.5 Å². The Bertz CT molecular complexity index is 415. The monoisotopic (exact) mass is 220 g/mol. The summed E-state index contributed by atoms with van der Waals surface area (Å²) in [6, 6.07) is 5.02. The van der Waals surface area contributed by atoms with Crippen LogP contribution in [0.5, 0.6) is 11.5 Å². The zero-order valence-corrected chi connectivity index (χ0v) is 9.88. The van der Waals surface area contributed by atoms with Crippen LogP contribution >= 0.6 is 0 Å². The standard InChI is InChI=1S/C13H17NO2/c1-9(2)14-4-3-10-5-12-13(16-8-15-12)6-11(10)7-14/h5-6,9H,3-4,7-8H2,1-2H3/p+1. The van der Waals surface area contributed by atoms with Gasteiger partial charge < -0.3 is 14.4 Å². The fraction of sp³-hybridized carbons (Fsp3) is 0.538. The van der Waals surface area contributed by atoms with Crippen LogP contribution in [0.2, 0.25) is 0 Å². The summed E-state index contributed by atoms with van der Waals surface area (Å²) in [5, 5.41) is 0. The van der Waals surface area contributed by atoms with Gasteiger partial charge in [-0.1, -0.05) is 0 Å². The Kier molecular flexibility index (Phi) is 2.28. The molecule has 2 aliphatic rings. The average molecular weight is 220 g/mol. The Morgan fingerprint density at radius 1 is 1.12 bits per heavy atom. The first-order valence-corrected chi connectivity index (χ1v) is 6.00. The molecule has 16 heavy (non-hydrogen) atoms. The highest BCUT2D eigenvalue weighted by Gasteiger charge is 2.25. The molecule has 1 aromatic rings. The number of hydrogen-bond donors (Lipinski definition) is 1. The number of ether oxygens (including phenoxy) is 2. The third kappa shape index (κ3) is 1.55. The highest BCUT2D eigenvalue weighted by Crippen LogP contribution is 2.35. The molecule has 0 spiro atoms. The molecule has 0 fully saturated rings. The van der Waals surface area contributed by atoms with E-state index < -0.39 is 0 Å². The van der Waals surface area contributed by atoms with E-state index in [1.807, 2.05) is 0 Å². The van der Waals surface area contributed by atoms with Gasteiger partial charge in [-0.25, -0.2) is 0 Å². The maximum Gasteiger partial charge on any atom is 0.231 e. The normalized spacial score (nSPS) is 22.3. The van der Waals surface area contributed by atoms with E-state index in [2.05, 4.69) is 26.0 Å². The maximum atomic E-state index is 5.43. The molecule has 3 rings (SSSR count). The Labute approximate surface area is 96.0 Å². The van der Waals surface area contributed by atoms with Gasteiger partial charge in [0.05, 0.1) is 12.6 Å². The van der Waals surface area contributed by atoms with Crippen LogP contribution in [0, 0.1) is 0 Å². The van der Waals surface area contributed by atoms with Gasteiger partial charge in [0, 0.05) is 12.0 Å². The Morgan fingerprint density at radius 2 is 1.81 bits per heavy atom. The summed E-state index contributed by atoms with van der Waals surface area (Å²) in [6.45, 7) is 7.29. The van der Waals surface area contributed by atoms with Crippen molar-refractivity contribution in [2.24, 2.45) is 0 Å². The van der Waals surface area contributed by atoms with Crippen LogP contribution in [0.3, 0.4) is 0 Å². The van der Waals surface area contributed by atoms with Crippen molar-refractivity contribution in [1.82, 2.24) is 0 Å². The largest absolute Gasteiger partial charge is 0.454 e. The van der Waals surface area contributed by atoms with E-state index in [-0.39, 0.29) is 0 Å². The summed E-state index contributed by atoms with van der Waals surface area (Å²) in [4.78, 5) is 1.66. The highest BCUT2D eigenvalue weighted by molar-refractivity contribution is 5.48. The molecule has 2 aliphatic heterocycles. The van der Waals surface area contributed by atoms with Crippen LogP contribution in [0.1, 0.15) is 25.0 Å². The van der Waals surface area contributed by atoms with Gasteiger partial charge >= 0.3 is 0 Å². The third-order valence-corrected chi connectivity index (χ3v) is 3.64. The predicted octanol–water partition coefficient (Wildman–Crippen LogP) is 0.765. The summed E-state index contributed by atoms with van der Waals surface area (Å²) in [5.74, 6) is 1.84. The Hall–Kier alpha value is -1.22. The first kappa shape index (κ1) is 9.97. The molecule has 1 atom stereocenters. The summed E-state index contributed by atoms with van der Waals surface area (Å²) in [5.41, 5.74) is 2.87. The van der Waals surface area contributed by atoms with E-state index >= 15 is 0 Å². The van der Waals surface area contributed by atoms with E-state index in [9.17, 15) is 0 Å². The molecule has 2 heterocycles. The van der Waals surface area contributed by atoms with Crippen molar-refractivity contribution in [1.29, 1.82) is 0 Å². The van der Waals surface area contributed by atoms with E-state index in [4.69, 9.17) is 9.47 Å². The number of hydrogen-bond acceptors (Lipinski definition) is 2. The number of benzene rings is 1. The number of fused-ring (bicyclic) bond motifs is 2. The first-order chi connectivity index (χ1) is 7.74. The second-order valence-electron chi connectivity index (χ2n) is 4.96. The minimum atomic E-state index is 0.374. The van der Waals surface area contributed by atoms with Crippen molar-refractivity contribution in [3.05, 3.63) is 23.3 Å². The van der Waals surface area contributed by atoms with Crippen molar-refractivity contribution >= 4 is 0 Å². The SMILES string of the molecule is CC(C)[NH+]1CCc2cc3c(cc2C1)OCO3. The second kappa shape index (κ2) is 3.67. The fourth-order valence-corrected chi connectivity index (χ4v) is 2.54. The molecule has 1 aromatic carbocycles. The molecule has 0 radical (unpaired) electrons. The van der Waals surface area contributed by atoms with Gasteiger partial charge in [0.15, 0.2) is 11.5 Å². The first-order valence-electron chi connectivity index (χ1n) is 6.00. The Balaban J connectivity index is 1.93. The van der Waals surface area contributed by atoms with Crippen LogP contribution in [0.15, 0.2) is 12.1 Å². The molecule has 1 unspecified atom stereocenters. The molecule has 0 saturated carbocycles. The molecule has 0 amide bonds. The molecule has 0 aliphatic carbocycles. The summed E-state index contributed by atoms with van der Waals surface area (Å²) in [7, 11) is 0. The molecule has 3 nitrogen and oxygen atoms in total.